The molecule has 7 heteroatoms. The number of nitrogens with two attached hydrogens (primary N) is 1. The quantitative estimate of drug-likeness (QED) is 0.382. The largest absolute Gasteiger partial charge is 0.384 e. The van der Waals surface area contributed by atoms with Crippen LogP contribution < -0.4 is 11.1 Å². The summed E-state index contributed by atoms with van der Waals surface area (Å²) in [6.45, 7) is 4.36. The number of hydrogen-bond acceptors (Lipinski definition) is 4. The Bertz CT molecular complexity index is 1520. The maximum Gasteiger partial charge on any atom is 0.257 e. The smallest absolute Gasteiger partial charge is 0.257 e. The van der Waals surface area contributed by atoms with Crippen molar-refractivity contribution in [1.29, 1.82) is 0 Å². The fourth-order valence-electron chi connectivity index (χ4n) is 3.93. The zero-order chi connectivity index (χ0) is 23.1. The number of fused-ring (bicyclic) bond motifs is 2. The van der Waals surface area contributed by atoms with Gasteiger partial charge < -0.3 is 11.1 Å². The van der Waals surface area contributed by atoms with Crippen LogP contribution in [0.15, 0.2) is 66.7 Å². The summed E-state index contributed by atoms with van der Waals surface area (Å²) in [6, 6.07) is 21.1. The fraction of sp³-hybridized carbons (Fsp3) is 0.115. The highest BCUT2D eigenvalue weighted by molar-refractivity contribution is 6.30. The number of anilines is 1. The molecule has 5 rings (SSSR count). The van der Waals surface area contributed by atoms with Gasteiger partial charge in [0.25, 0.3) is 5.91 Å². The molecule has 0 aliphatic heterocycles. The maximum atomic E-state index is 13.4. The average molecular weight is 456 g/mol. The highest BCUT2D eigenvalue weighted by Crippen LogP contribution is 2.33. The number of benzene rings is 3. The lowest BCUT2D eigenvalue weighted by Gasteiger charge is -2.12. The van der Waals surface area contributed by atoms with E-state index >= 15 is 0 Å². The minimum atomic E-state index is -0.305. The molecule has 164 valence electrons. The number of aromatic nitrogens is 3. The number of nitrogens with one attached hydrogen (secondary N) is 1. The number of halogens is 1. The van der Waals surface area contributed by atoms with Crippen molar-refractivity contribution in [2.24, 2.45) is 0 Å². The van der Waals surface area contributed by atoms with Crippen molar-refractivity contribution in [3.8, 4) is 5.69 Å². The zero-order valence-electron chi connectivity index (χ0n) is 18.3. The Balaban J connectivity index is 1.68. The van der Waals surface area contributed by atoms with Crippen LogP contribution in [0.3, 0.4) is 0 Å². The van der Waals surface area contributed by atoms with Gasteiger partial charge in [0.05, 0.1) is 16.7 Å². The number of aryl methyl sites for hydroxylation is 2. The van der Waals surface area contributed by atoms with Gasteiger partial charge in [-0.1, -0.05) is 59.6 Å². The van der Waals surface area contributed by atoms with E-state index < -0.39 is 0 Å². The molecule has 0 aliphatic carbocycles. The highest BCUT2D eigenvalue weighted by Gasteiger charge is 2.25. The van der Waals surface area contributed by atoms with Crippen LogP contribution in [0.1, 0.15) is 27.0 Å². The van der Waals surface area contributed by atoms with Crippen LogP contribution in [-0.2, 0) is 6.54 Å². The van der Waals surface area contributed by atoms with Crippen molar-refractivity contribution in [2.75, 3.05) is 5.73 Å². The molecule has 0 saturated carbocycles. The first-order chi connectivity index (χ1) is 15.9. The van der Waals surface area contributed by atoms with Crippen LogP contribution in [0.25, 0.3) is 27.9 Å². The first kappa shape index (κ1) is 21.0. The number of hydrogen-bond donors (Lipinski definition) is 2. The molecule has 0 bridgehead atoms. The summed E-state index contributed by atoms with van der Waals surface area (Å²) in [5.41, 5.74) is 13.1. The van der Waals surface area contributed by atoms with Crippen LogP contribution in [-0.4, -0.2) is 20.4 Å². The second-order valence-electron chi connectivity index (χ2n) is 8.08. The summed E-state index contributed by atoms with van der Waals surface area (Å²) < 4.78 is 1.76. The molecule has 6 nitrogen and oxygen atoms in total. The van der Waals surface area contributed by atoms with Crippen LogP contribution in [0.5, 0.6) is 0 Å². The summed E-state index contributed by atoms with van der Waals surface area (Å²) in [6.07, 6.45) is 0. The molecule has 33 heavy (non-hydrogen) atoms. The summed E-state index contributed by atoms with van der Waals surface area (Å²) in [7, 11) is 0. The topological polar surface area (TPSA) is 85.8 Å². The molecular formula is C26H22ClN5O. The number of nitrogen functional groups attached to an aromatic ring is 1. The Morgan fingerprint density at radius 2 is 1.70 bits per heavy atom. The molecule has 0 atom stereocenters. The van der Waals surface area contributed by atoms with Gasteiger partial charge in [-0.25, -0.2) is 9.97 Å². The number of nitrogens with zero attached hydrogens (tertiary/aromatic N) is 3. The Labute approximate surface area is 196 Å². The highest BCUT2D eigenvalue weighted by atomic mass is 35.5. The summed E-state index contributed by atoms with van der Waals surface area (Å²) in [5, 5.41) is 3.55. The lowest BCUT2D eigenvalue weighted by molar-refractivity contribution is 0.0953. The maximum absolute atomic E-state index is 13.4. The third-order valence-electron chi connectivity index (χ3n) is 5.71. The monoisotopic (exact) mass is 455 g/mol. The molecule has 0 aliphatic rings. The van der Waals surface area contributed by atoms with E-state index in [2.05, 4.69) is 5.32 Å². The third kappa shape index (κ3) is 3.79. The van der Waals surface area contributed by atoms with Gasteiger partial charge >= 0.3 is 0 Å². The Kier molecular flexibility index (Phi) is 5.23. The summed E-state index contributed by atoms with van der Waals surface area (Å²) in [4.78, 5) is 22.9. The van der Waals surface area contributed by atoms with E-state index in [1.165, 1.54) is 0 Å². The second-order valence-corrected chi connectivity index (χ2v) is 8.52. The number of para-hydroxylation sites is 2. The van der Waals surface area contributed by atoms with E-state index in [1.807, 2.05) is 80.6 Å². The molecular weight excluding hydrogens is 434 g/mol. The summed E-state index contributed by atoms with van der Waals surface area (Å²) in [5.74, 6) is -0.0341. The minimum absolute atomic E-state index is 0.270. The van der Waals surface area contributed by atoms with Crippen LogP contribution in [0, 0.1) is 13.8 Å². The van der Waals surface area contributed by atoms with E-state index in [-0.39, 0.29) is 11.7 Å². The standard InChI is InChI=1S/C26H22ClN5O/c1-15-7-10-17(11-8-15)14-29-26(33)22-23-25(31-20-6-4-3-5-19(20)30-23)32(24(22)28)21-13-18(27)12-9-16(21)2/h3-13H,14,28H2,1-2H3,(H,29,33). The normalized spacial score (nSPS) is 11.2. The van der Waals surface area contributed by atoms with E-state index in [0.717, 1.165) is 27.9 Å². The van der Waals surface area contributed by atoms with E-state index in [1.54, 1.807) is 4.57 Å². The van der Waals surface area contributed by atoms with Crippen molar-refractivity contribution in [3.63, 3.8) is 0 Å². The lowest BCUT2D eigenvalue weighted by Crippen LogP contribution is -2.24. The molecule has 0 saturated heterocycles. The Hall–Kier alpha value is -3.90. The van der Waals surface area contributed by atoms with Gasteiger partial charge in [0.1, 0.15) is 16.9 Å². The molecule has 0 unspecified atom stereocenters. The van der Waals surface area contributed by atoms with Crippen molar-refractivity contribution in [2.45, 2.75) is 20.4 Å². The lowest BCUT2D eigenvalue weighted by atomic mass is 10.1. The van der Waals surface area contributed by atoms with Gasteiger partial charge in [0.15, 0.2) is 5.65 Å². The molecule has 2 heterocycles. The van der Waals surface area contributed by atoms with Crippen molar-refractivity contribution < 1.29 is 4.79 Å². The van der Waals surface area contributed by atoms with Crippen LogP contribution >= 0.6 is 11.6 Å². The number of carbonyl (C=O) groups is 1. The van der Waals surface area contributed by atoms with Crippen molar-refractivity contribution >= 4 is 45.5 Å². The predicted octanol–water partition coefficient (Wildman–Crippen LogP) is 5.36. The fourth-order valence-corrected chi connectivity index (χ4v) is 4.10. The summed E-state index contributed by atoms with van der Waals surface area (Å²) >= 11 is 6.29. The third-order valence-corrected chi connectivity index (χ3v) is 5.95. The van der Waals surface area contributed by atoms with E-state index in [4.69, 9.17) is 27.3 Å². The van der Waals surface area contributed by atoms with E-state index in [9.17, 15) is 4.79 Å². The van der Waals surface area contributed by atoms with Gasteiger partial charge in [0, 0.05) is 11.6 Å². The molecule has 5 aromatic rings. The van der Waals surface area contributed by atoms with Crippen LogP contribution in [0.2, 0.25) is 5.02 Å². The number of amides is 1. The van der Waals surface area contributed by atoms with Crippen molar-refractivity contribution in [3.05, 3.63) is 94.0 Å². The van der Waals surface area contributed by atoms with Gasteiger partial charge in [-0.15, -0.1) is 0 Å². The second kappa shape index (κ2) is 8.22. The Morgan fingerprint density at radius 1 is 1.00 bits per heavy atom. The molecule has 0 spiro atoms. The van der Waals surface area contributed by atoms with E-state index in [0.29, 0.717) is 33.8 Å². The predicted molar refractivity (Wildman–Crippen MR) is 133 cm³/mol. The average Bonchev–Trinajstić information content (AvgIpc) is 3.09. The molecule has 1 amide bonds. The van der Waals surface area contributed by atoms with Crippen LogP contribution in [0.4, 0.5) is 5.82 Å². The molecule has 2 aromatic heterocycles. The molecule has 0 fully saturated rings. The van der Waals surface area contributed by atoms with Gasteiger partial charge in [-0.2, -0.15) is 0 Å². The SMILES string of the molecule is Cc1ccc(CNC(=O)c2c(N)n(-c3cc(Cl)ccc3C)c3nc4ccccc4nc23)cc1. The minimum Gasteiger partial charge on any atom is -0.384 e. The van der Waals surface area contributed by atoms with Crippen molar-refractivity contribution in [1.82, 2.24) is 19.9 Å². The molecule has 3 N–H and O–H groups in total. The number of carbonyl (C=O) groups excluding carboxylic acids is 1. The number of rotatable bonds is 4. The first-order valence-corrected chi connectivity index (χ1v) is 11.0. The molecule has 3 aromatic carbocycles. The first-order valence-electron chi connectivity index (χ1n) is 10.6. The van der Waals surface area contributed by atoms with Gasteiger partial charge in [-0.05, 0) is 49.2 Å². The van der Waals surface area contributed by atoms with Gasteiger partial charge in [0.2, 0.25) is 0 Å². The Morgan fingerprint density at radius 3 is 2.42 bits per heavy atom. The van der Waals surface area contributed by atoms with Gasteiger partial charge in [-0.3, -0.25) is 9.36 Å². The zero-order valence-corrected chi connectivity index (χ0v) is 19.0. The molecule has 0 radical (unpaired) electrons.